The van der Waals surface area contributed by atoms with Crippen molar-refractivity contribution < 1.29 is 8.42 Å². The van der Waals surface area contributed by atoms with Gasteiger partial charge in [-0.1, -0.05) is 18.2 Å². The molecule has 1 aliphatic rings. The zero-order valence-corrected chi connectivity index (χ0v) is 16.5. The quantitative estimate of drug-likeness (QED) is 0.560. The van der Waals surface area contributed by atoms with Crippen molar-refractivity contribution in [2.24, 2.45) is 0 Å². The fourth-order valence-electron chi connectivity index (χ4n) is 3.85. The molecule has 0 radical (unpaired) electrons. The average molecular weight is 408 g/mol. The van der Waals surface area contributed by atoms with Crippen LogP contribution in [0, 0.1) is 0 Å². The van der Waals surface area contributed by atoms with Crippen LogP contribution < -0.4 is 0 Å². The van der Waals surface area contributed by atoms with Crippen molar-refractivity contribution in [1.29, 1.82) is 0 Å². The van der Waals surface area contributed by atoms with Gasteiger partial charge in [0, 0.05) is 36.4 Å². The van der Waals surface area contributed by atoms with Gasteiger partial charge in [-0.3, -0.25) is 4.68 Å². The fraction of sp³-hybridized carbons (Fsp3) is 0.250. The van der Waals surface area contributed by atoms with Crippen LogP contribution in [0.5, 0.6) is 0 Å². The summed E-state index contributed by atoms with van der Waals surface area (Å²) in [6, 6.07) is 10.7. The molecule has 0 unspecified atom stereocenters. The Bertz CT molecular complexity index is 1240. The van der Waals surface area contributed by atoms with E-state index in [9.17, 15) is 8.42 Å². The van der Waals surface area contributed by atoms with Gasteiger partial charge in [0.15, 0.2) is 0 Å². The number of aromatic amines is 1. The average Bonchev–Trinajstić information content (AvgIpc) is 3.44. The summed E-state index contributed by atoms with van der Waals surface area (Å²) in [7, 11) is -3.44. The minimum absolute atomic E-state index is 0.162. The molecule has 4 heterocycles. The lowest BCUT2D eigenvalue weighted by atomic mass is 10.1. The monoisotopic (exact) mass is 408 g/mol. The Labute approximate surface area is 168 Å². The molecule has 1 N–H and O–H groups in total. The van der Waals surface area contributed by atoms with Crippen LogP contribution in [0.4, 0.5) is 0 Å². The lowest BCUT2D eigenvalue weighted by molar-refractivity contribution is 0.261. The van der Waals surface area contributed by atoms with Crippen molar-refractivity contribution in [2.75, 3.05) is 13.1 Å². The molecule has 0 aliphatic carbocycles. The van der Waals surface area contributed by atoms with Gasteiger partial charge in [0.2, 0.25) is 10.0 Å². The lowest BCUT2D eigenvalue weighted by Crippen LogP contribution is -2.39. The summed E-state index contributed by atoms with van der Waals surface area (Å²) >= 11 is 0. The van der Waals surface area contributed by atoms with Gasteiger partial charge in [0.05, 0.1) is 22.8 Å². The van der Waals surface area contributed by atoms with Crippen molar-refractivity contribution in [3.05, 3.63) is 61.3 Å². The first-order chi connectivity index (χ1) is 14.1. The number of rotatable bonds is 4. The molecule has 0 saturated carbocycles. The van der Waals surface area contributed by atoms with Crippen molar-refractivity contribution in [3.8, 4) is 11.3 Å². The van der Waals surface area contributed by atoms with E-state index in [1.807, 2.05) is 35.4 Å². The summed E-state index contributed by atoms with van der Waals surface area (Å²) in [4.78, 5) is 12.1. The minimum Gasteiger partial charge on any atom is -0.346 e. The lowest BCUT2D eigenvalue weighted by Gasteiger charge is -2.31. The van der Waals surface area contributed by atoms with E-state index in [-0.39, 0.29) is 6.04 Å². The van der Waals surface area contributed by atoms with E-state index in [0.29, 0.717) is 18.0 Å². The molecule has 4 aromatic rings. The molecule has 29 heavy (non-hydrogen) atoms. The molecule has 1 aromatic carbocycles. The Morgan fingerprint density at radius 3 is 2.62 bits per heavy atom. The number of fused-ring (bicyclic) bond motifs is 1. The number of nitrogens with zero attached hydrogens (tertiary/aromatic N) is 5. The molecule has 1 aliphatic heterocycles. The van der Waals surface area contributed by atoms with E-state index < -0.39 is 10.0 Å². The number of benzene rings is 1. The maximum Gasteiger partial charge on any atom is 0.243 e. The van der Waals surface area contributed by atoms with E-state index in [0.717, 1.165) is 35.1 Å². The molecule has 0 amide bonds. The normalized spacial score (nSPS) is 16.4. The van der Waals surface area contributed by atoms with E-state index in [1.54, 1.807) is 34.9 Å². The predicted molar refractivity (Wildman–Crippen MR) is 109 cm³/mol. The number of hydrogen-bond donors (Lipinski definition) is 1. The Hall–Kier alpha value is -3.04. The first kappa shape index (κ1) is 18.0. The highest BCUT2D eigenvalue weighted by Gasteiger charge is 2.30. The standard InChI is InChI=1S/C20H20N6O2S/c27-29(28,17-4-2-1-3-5-17)25-10-7-16(8-11-25)26-13-15(12-24-26)19-18-6-9-21-20(18)23-14-22-19/h1-6,9,12-14,16H,7-8,10-11H2,(H,21,22,23). The topological polar surface area (TPSA) is 96.8 Å². The highest BCUT2D eigenvalue weighted by molar-refractivity contribution is 7.89. The maximum atomic E-state index is 12.8. The largest absolute Gasteiger partial charge is 0.346 e. The van der Waals surface area contributed by atoms with Gasteiger partial charge >= 0.3 is 0 Å². The van der Waals surface area contributed by atoms with Gasteiger partial charge in [-0.05, 0) is 31.0 Å². The summed E-state index contributed by atoms with van der Waals surface area (Å²) in [5.41, 5.74) is 2.56. The zero-order chi connectivity index (χ0) is 19.8. The summed E-state index contributed by atoms with van der Waals surface area (Å²) < 4.78 is 29.1. The van der Waals surface area contributed by atoms with Crippen LogP contribution in [0.2, 0.25) is 0 Å². The van der Waals surface area contributed by atoms with Crippen molar-refractivity contribution in [3.63, 3.8) is 0 Å². The van der Waals surface area contributed by atoms with Crippen molar-refractivity contribution in [1.82, 2.24) is 29.0 Å². The molecular weight excluding hydrogens is 388 g/mol. The molecule has 1 fully saturated rings. The number of hydrogen-bond acceptors (Lipinski definition) is 5. The molecule has 0 bridgehead atoms. The highest BCUT2D eigenvalue weighted by atomic mass is 32.2. The zero-order valence-electron chi connectivity index (χ0n) is 15.6. The Morgan fingerprint density at radius 1 is 1.03 bits per heavy atom. The summed E-state index contributed by atoms with van der Waals surface area (Å²) in [5.74, 6) is 0. The van der Waals surface area contributed by atoms with Crippen LogP contribution in [0.15, 0.2) is 66.2 Å². The number of aromatic nitrogens is 5. The second-order valence-electron chi connectivity index (χ2n) is 7.12. The number of H-pyrrole nitrogens is 1. The van der Waals surface area contributed by atoms with E-state index in [4.69, 9.17) is 0 Å². The third kappa shape index (κ3) is 3.22. The van der Waals surface area contributed by atoms with Crippen LogP contribution in [0.3, 0.4) is 0 Å². The van der Waals surface area contributed by atoms with Crippen molar-refractivity contribution in [2.45, 2.75) is 23.8 Å². The van der Waals surface area contributed by atoms with E-state index in [1.165, 1.54) is 0 Å². The van der Waals surface area contributed by atoms with Gasteiger partial charge in [0.25, 0.3) is 0 Å². The molecule has 3 aromatic heterocycles. The minimum atomic E-state index is -3.44. The second-order valence-corrected chi connectivity index (χ2v) is 9.06. The first-order valence-electron chi connectivity index (χ1n) is 9.51. The van der Waals surface area contributed by atoms with Crippen LogP contribution in [-0.2, 0) is 10.0 Å². The molecule has 0 spiro atoms. The molecule has 1 saturated heterocycles. The Balaban J connectivity index is 1.33. The van der Waals surface area contributed by atoms with Crippen LogP contribution in [0.1, 0.15) is 18.9 Å². The number of nitrogens with one attached hydrogen (secondary N) is 1. The predicted octanol–water partition coefficient (Wildman–Crippen LogP) is 2.85. The highest BCUT2D eigenvalue weighted by Crippen LogP contribution is 2.29. The van der Waals surface area contributed by atoms with Gasteiger partial charge in [-0.25, -0.2) is 18.4 Å². The van der Waals surface area contributed by atoms with Crippen LogP contribution in [0.25, 0.3) is 22.3 Å². The fourth-order valence-corrected chi connectivity index (χ4v) is 5.34. The molecule has 9 heteroatoms. The maximum absolute atomic E-state index is 12.8. The van der Waals surface area contributed by atoms with E-state index >= 15 is 0 Å². The van der Waals surface area contributed by atoms with Gasteiger partial charge in [0.1, 0.15) is 12.0 Å². The number of piperidine rings is 1. The van der Waals surface area contributed by atoms with Crippen LogP contribution >= 0.6 is 0 Å². The second kappa shape index (κ2) is 7.09. The Morgan fingerprint density at radius 2 is 1.83 bits per heavy atom. The summed E-state index contributed by atoms with van der Waals surface area (Å²) in [6.07, 6.45) is 8.62. The first-order valence-corrected chi connectivity index (χ1v) is 10.9. The van der Waals surface area contributed by atoms with E-state index in [2.05, 4.69) is 20.1 Å². The van der Waals surface area contributed by atoms with Crippen molar-refractivity contribution >= 4 is 21.1 Å². The van der Waals surface area contributed by atoms with Gasteiger partial charge in [-0.2, -0.15) is 9.40 Å². The van der Waals surface area contributed by atoms with Crippen LogP contribution in [-0.4, -0.2) is 50.5 Å². The molecule has 5 rings (SSSR count). The smallest absolute Gasteiger partial charge is 0.243 e. The summed E-state index contributed by atoms with van der Waals surface area (Å²) in [6.45, 7) is 0.958. The molecule has 0 atom stereocenters. The molecular formula is C20H20N6O2S. The third-order valence-electron chi connectivity index (χ3n) is 5.41. The molecule has 148 valence electrons. The number of sulfonamides is 1. The Kier molecular flexibility index (Phi) is 4.40. The molecule has 8 nitrogen and oxygen atoms in total. The van der Waals surface area contributed by atoms with Gasteiger partial charge in [-0.15, -0.1) is 0 Å². The summed E-state index contributed by atoms with van der Waals surface area (Å²) in [5, 5.41) is 5.49. The third-order valence-corrected chi connectivity index (χ3v) is 7.32. The SMILES string of the molecule is O=S(=O)(c1ccccc1)N1CCC(n2cc(-c3ncnc4[nH]ccc34)cn2)CC1. The van der Waals surface area contributed by atoms with Gasteiger partial charge < -0.3 is 4.98 Å².